The van der Waals surface area contributed by atoms with Gasteiger partial charge in [0.15, 0.2) is 0 Å². The van der Waals surface area contributed by atoms with Gasteiger partial charge in [-0.3, -0.25) is 4.90 Å². The normalized spacial score (nSPS) is 24.6. The Morgan fingerprint density at radius 2 is 2.25 bits per heavy atom. The van der Waals surface area contributed by atoms with Crippen LogP contribution in [0.15, 0.2) is 0 Å². The van der Waals surface area contributed by atoms with Gasteiger partial charge in [-0.1, -0.05) is 13.3 Å². The highest BCUT2D eigenvalue weighted by Crippen LogP contribution is 2.19. The van der Waals surface area contributed by atoms with Gasteiger partial charge in [0, 0.05) is 25.7 Å². The Bertz CT molecular complexity index is 175. The second-order valence-electron chi connectivity index (χ2n) is 4.90. The van der Waals surface area contributed by atoms with Gasteiger partial charge in [0.25, 0.3) is 0 Å². The van der Waals surface area contributed by atoms with Crippen molar-refractivity contribution in [1.29, 1.82) is 0 Å². The molecule has 0 bridgehead atoms. The molecule has 0 aromatic heterocycles. The molecule has 2 atom stereocenters. The number of likely N-dealkylation sites (tertiary alicyclic amines) is 1. The van der Waals surface area contributed by atoms with Gasteiger partial charge in [0.05, 0.1) is 6.61 Å². The van der Waals surface area contributed by atoms with E-state index in [2.05, 4.69) is 24.1 Å². The quantitative estimate of drug-likeness (QED) is 0.673. The lowest BCUT2D eigenvalue weighted by Gasteiger charge is -2.39. The van der Waals surface area contributed by atoms with Crippen LogP contribution in [0.4, 0.5) is 0 Å². The third-order valence-corrected chi connectivity index (χ3v) is 3.49. The monoisotopic (exact) mass is 228 g/mol. The van der Waals surface area contributed by atoms with E-state index in [1.54, 1.807) is 7.11 Å². The first-order valence-corrected chi connectivity index (χ1v) is 6.75. The molecule has 0 radical (unpaired) electrons. The van der Waals surface area contributed by atoms with Gasteiger partial charge >= 0.3 is 0 Å². The minimum absolute atomic E-state index is 0.548. The highest BCUT2D eigenvalue weighted by atomic mass is 16.5. The Kier molecular flexibility index (Phi) is 7.01. The molecule has 3 heteroatoms. The molecule has 0 amide bonds. The van der Waals surface area contributed by atoms with Crippen LogP contribution in [0.5, 0.6) is 0 Å². The van der Waals surface area contributed by atoms with E-state index in [0.29, 0.717) is 6.04 Å². The predicted molar refractivity (Wildman–Crippen MR) is 68.8 cm³/mol. The third kappa shape index (κ3) is 4.40. The van der Waals surface area contributed by atoms with Gasteiger partial charge in [-0.2, -0.15) is 0 Å². The molecule has 1 fully saturated rings. The van der Waals surface area contributed by atoms with E-state index in [1.165, 1.54) is 32.2 Å². The number of hydrogen-bond acceptors (Lipinski definition) is 3. The predicted octanol–water partition coefficient (Wildman–Crippen LogP) is 1.88. The van der Waals surface area contributed by atoms with Crippen LogP contribution in [-0.2, 0) is 4.74 Å². The fourth-order valence-corrected chi connectivity index (χ4v) is 2.57. The Morgan fingerprint density at radius 3 is 2.88 bits per heavy atom. The highest BCUT2D eigenvalue weighted by molar-refractivity contribution is 4.81. The van der Waals surface area contributed by atoms with Crippen LogP contribution < -0.4 is 5.32 Å². The zero-order chi connectivity index (χ0) is 11.8. The zero-order valence-electron chi connectivity index (χ0n) is 11.2. The summed E-state index contributed by atoms with van der Waals surface area (Å²) in [6.45, 7) is 8.82. The van der Waals surface area contributed by atoms with Crippen LogP contribution in [0, 0.1) is 0 Å². The first-order chi connectivity index (χ1) is 7.79. The van der Waals surface area contributed by atoms with Gasteiger partial charge in [0.1, 0.15) is 0 Å². The molecule has 2 unspecified atom stereocenters. The molecule has 1 aliphatic rings. The van der Waals surface area contributed by atoms with Crippen molar-refractivity contribution >= 4 is 0 Å². The van der Waals surface area contributed by atoms with E-state index in [9.17, 15) is 0 Å². The Hall–Kier alpha value is -0.120. The molecule has 1 N–H and O–H groups in total. The van der Waals surface area contributed by atoms with Crippen molar-refractivity contribution in [3.05, 3.63) is 0 Å². The Labute approximate surface area is 101 Å². The van der Waals surface area contributed by atoms with Crippen LogP contribution in [0.2, 0.25) is 0 Å². The molecule has 1 heterocycles. The third-order valence-electron chi connectivity index (χ3n) is 3.49. The number of nitrogens with zero attached hydrogens (tertiary/aromatic N) is 1. The van der Waals surface area contributed by atoms with Crippen LogP contribution in [0.3, 0.4) is 0 Å². The summed E-state index contributed by atoms with van der Waals surface area (Å²) in [4.78, 5) is 2.62. The number of ether oxygens (including phenoxy) is 1. The number of nitrogens with one attached hydrogen (secondary N) is 1. The van der Waals surface area contributed by atoms with Crippen molar-refractivity contribution in [1.82, 2.24) is 10.2 Å². The highest BCUT2D eigenvalue weighted by Gasteiger charge is 2.25. The maximum absolute atomic E-state index is 5.35. The summed E-state index contributed by atoms with van der Waals surface area (Å²) in [5.74, 6) is 0. The summed E-state index contributed by atoms with van der Waals surface area (Å²) < 4.78 is 5.35. The summed E-state index contributed by atoms with van der Waals surface area (Å²) in [6.07, 6.45) is 5.28. The summed E-state index contributed by atoms with van der Waals surface area (Å²) in [7, 11) is 1.81. The first-order valence-electron chi connectivity index (χ1n) is 6.75. The lowest BCUT2D eigenvalue weighted by atomic mass is 10.0. The average molecular weight is 228 g/mol. The van der Waals surface area contributed by atoms with E-state index in [4.69, 9.17) is 4.74 Å². The van der Waals surface area contributed by atoms with Crippen LogP contribution in [-0.4, -0.2) is 50.3 Å². The lowest BCUT2D eigenvalue weighted by Crippen LogP contribution is -2.51. The maximum Gasteiger partial charge on any atom is 0.0630 e. The minimum Gasteiger partial charge on any atom is -0.383 e. The van der Waals surface area contributed by atoms with Gasteiger partial charge in [-0.25, -0.2) is 0 Å². The van der Waals surface area contributed by atoms with Crippen molar-refractivity contribution in [2.24, 2.45) is 0 Å². The molecule has 0 aromatic carbocycles. The Balaban J connectivity index is 2.39. The smallest absolute Gasteiger partial charge is 0.0630 e. The van der Waals surface area contributed by atoms with Crippen molar-refractivity contribution in [2.45, 2.75) is 51.6 Å². The van der Waals surface area contributed by atoms with Crippen molar-refractivity contribution in [2.75, 3.05) is 33.4 Å². The largest absolute Gasteiger partial charge is 0.383 e. The second-order valence-corrected chi connectivity index (χ2v) is 4.90. The summed E-state index contributed by atoms with van der Waals surface area (Å²) in [5, 5.41) is 3.52. The summed E-state index contributed by atoms with van der Waals surface area (Å²) in [6, 6.07) is 1.27. The van der Waals surface area contributed by atoms with Crippen molar-refractivity contribution < 1.29 is 4.74 Å². The van der Waals surface area contributed by atoms with Crippen molar-refractivity contribution in [3.63, 3.8) is 0 Å². The fraction of sp³-hybridized carbons (Fsp3) is 1.00. The molecular weight excluding hydrogens is 200 g/mol. The SMILES string of the molecule is CCCNCC(COC)N1CCCCC1C. The van der Waals surface area contributed by atoms with E-state index in [0.717, 1.165) is 25.7 Å². The molecule has 16 heavy (non-hydrogen) atoms. The second kappa shape index (κ2) is 8.04. The number of piperidine rings is 1. The lowest BCUT2D eigenvalue weighted by molar-refractivity contribution is 0.0465. The molecule has 1 rings (SSSR count). The van der Waals surface area contributed by atoms with E-state index < -0.39 is 0 Å². The molecule has 0 aliphatic carbocycles. The van der Waals surface area contributed by atoms with Crippen molar-refractivity contribution in [3.8, 4) is 0 Å². The van der Waals surface area contributed by atoms with Gasteiger partial charge in [-0.05, 0) is 39.3 Å². The fourth-order valence-electron chi connectivity index (χ4n) is 2.57. The van der Waals surface area contributed by atoms with E-state index in [-0.39, 0.29) is 0 Å². The number of methoxy groups -OCH3 is 1. The molecule has 96 valence electrons. The molecule has 0 saturated carbocycles. The van der Waals surface area contributed by atoms with Crippen LogP contribution in [0.1, 0.15) is 39.5 Å². The van der Waals surface area contributed by atoms with Gasteiger partial charge < -0.3 is 10.1 Å². The summed E-state index contributed by atoms with van der Waals surface area (Å²) >= 11 is 0. The topological polar surface area (TPSA) is 24.5 Å². The minimum atomic E-state index is 0.548. The molecule has 1 aliphatic heterocycles. The number of hydrogen-bond donors (Lipinski definition) is 1. The molecule has 1 saturated heterocycles. The van der Waals surface area contributed by atoms with Crippen LogP contribution >= 0.6 is 0 Å². The molecule has 0 aromatic rings. The zero-order valence-corrected chi connectivity index (χ0v) is 11.2. The summed E-state index contributed by atoms with van der Waals surface area (Å²) in [5.41, 5.74) is 0. The maximum atomic E-state index is 5.35. The first kappa shape index (κ1) is 13.9. The van der Waals surface area contributed by atoms with Gasteiger partial charge in [0.2, 0.25) is 0 Å². The van der Waals surface area contributed by atoms with Gasteiger partial charge in [-0.15, -0.1) is 0 Å². The standard InChI is InChI=1S/C13H28N2O/c1-4-8-14-10-13(11-16-3)15-9-6-5-7-12(15)2/h12-14H,4-11H2,1-3H3. The van der Waals surface area contributed by atoms with Crippen LogP contribution in [0.25, 0.3) is 0 Å². The molecule has 3 nitrogen and oxygen atoms in total. The molecular formula is C13H28N2O. The Morgan fingerprint density at radius 1 is 1.44 bits per heavy atom. The van der Waals surface area contributed by atoms with E-state index in [1.807, 2.05) is 0 Å². The van der Waals surface area contributed by atoms with E-state index >= 15 is 0 Å². The molecule has 0 spiro atoms. The average Bonchev–Trinajstić information content (AvgIpc) is 2.29. The number of rotatable bonds is 7.